The number of halogens is 2. The molecule has 132 valence electrons. The number of benzene rings is 1. The SMILES string of the molecule is Nn1c(SCc2nc3ccsc3c(=O)[nH]2)nnc1-c1ccc(Cl)cc1Cl. The molecule has 26 heavy (non-hydrogen) atoms. The van der Waals surface area contributed by atoms with Gasteiger partial charge in [0.15, 0.2) is 5.82 Å². The van der Waals surface area contributed by atoms with Crippen molar-refractivity contribution in [3.63, 3.8) is 0 Å². The van der Waals surface area contributed by atoms with Crippen LogP contribution in [0.15, 0.2) is 39.6 Å². The Labute approximate surface area is 165 Å². The van der Waals surface area contributed by atoms with Gasteiger partial charge in [-0.3, -0.25) is 4.79 Å². The van der Waals surface area contributed by atoms with Crippen LogP contribution in [0.3, 0.4) is 0 Å². The van der Waals surface area contributed by atoms with E-state index in [2.05, 4.69) is 20.2 Å². The van der Waals surface area contributed by atoms with E-state index in [0.717, 1.165) is 0 Å². The van der Waals surface area contributed by atoms with Crippen LogP contribution < -0.4 is 11.4 Å². The minimum absolute atomic E-state index is 0.150. The lowest BCUT2D eigenvalue weighted by atomic mass is 10.2. The minimum atomic E-state index is -0.150. The predicted molar refractivity (Wildman–Crippen MR) is 105 cm³/mol. The van der Waals surface area contributed by atoms with Gasteiger partial charge >= 0.3 is 0 Å². The van der Waals surface area contributed by atoms with Crippen LogP contribution in [0.2, 0.25) is 10.0 Å². The lowest BCUT2D eigenvalue weighted by molar-refractivity contribution is 0.848. The molecule has 3 heterocycles. The number of nitrogens with zero attached hydrogens (tertiary/aromatic N) is 4. The summed E-state index contributed by atoms with van der Waals surface area (Å²) >= 11 is 14.8. The summed E-state index contributed by atoms with van der Waals surface area (Å²) in [6, 6.07) is 6.87. The fourth-order valence-electron chi connectivity index (χ4n) is 2.35. The fraction of sp³-hybridized carbons (Fsp3) is 0.0667. The molecule has 4 rings (SSSR count). The second-order valence-corrected chi connectivity index (χ2v) is 7.94. The molecule has 0 unspecified atom stereocenters. The zero-order valence-electron chi connectivity index (χ0n) is 12.9. The summed E-state index contributed by atoms with van der Waals surface area (Å²) in [7, 11) is 0. The zero-order chi connectivity index (χ0) is 18.3. The van der Waals surface area contributed by atoms with Crippen LogP contribution in [-0.2, 0) is 5.75 Å². The molecule has 3 N–H and O–H groups in total. The zero-order valence-corrected chi connectivity index (χ0v) is 16.1. The van der Waals surface area contributed by atoms with Crippen molar-refractivity contribution in [3.05, 3.63) is 55.9 Å². The van der Waals surface area contributed by atoms with E-state index in [0.29, 0.717) is 48.4 Å². The smallest absolute Gasteiger partial charge is 0.268 e. The highest BCUT2D eigenvalue weighted by Gasteiger charge is 2.16. The summed E-state index contributed by atoms with van der Waals surface area (Å²) in [5.41, 5.74) is 1.16. The molecule has 0 saturated heterocycles. The van der Waals surface area contributed by atoms with Crippen LogP contribution in [0, 0.1) is 0 Å². The average molecular weight is 425 g/mol. The minimum Gasteiger partial charge on any atom is -0.335 e. The first-order valence-electron chi connectivity index (χ1n) is 7.28. The molecule has 11 heteroatoms. The molecule has 0 amide bonds. The molecule has 0 fully saturated rings. The summed E-state index contributed by atoms with van der Waals surface area (Å²) in [5, 5.41) is 11.4. The standard InChI is InChI=1S/C15H10Cl2N6OS2/c16-7-1-2-8(9(17)5-7)13-21-22-15(23(13)18)26-6-11-19-10-3-4-25-12(10)14(24)20-11/h1-5H,6,18H2,(H,19,20,24). The third kappa shape index (κ3) is 3.18. The highest BCUT2D eigenvalue weighted by Crippen LogP contribution is 2.30. The van der Waals surface area contributed by atoms with E-state index in [4.69, 9.17) is 29.0 Å². The number of H-pyrrole nitrogens is 1. The Morgan fingerprint density at radius 3 is 2.92 bits per heavy atom. The monoisotopic (exact) mass is 424 g/mol. The Morgan fingerprint density at radius 2 is 2.12 bits per heavy atom. The quantitative estimate of drug-likeness (QED) is 0.383. The first-order valence-corrected chi connectivity index (χ1v) is 9.90. The van der Waals surface area contributed by atoms with E-state index in [1.807, 2.05) is 11.4 Å². The lowest BCUT2D eigenvalue weighted by Gasteiger charge is -2.05. The number of aromatic amines is 1. The number of aromatic nitrogens is 5. The summed E-state index contributed by atoms with van der Waals surface area (Å²) in [5.74, 6) is 7.45. The van der Waals surface area contributed by atoms with Crippen molar-refractivity contribution < 1.29 is 0 Å². The molecule has 0 aliphatic carbocycles. The van der Waals surface area contributed by atoms with E-state index in [1.54, 1.807) is 18.2 Å². The van der Waals surface area contributed by atoms with Crippen molar-refractivity contribution in [3.8, 4) is 11.4 Å². The van der Waals surface area contributed by atoms with Crippen LogP contribution in [0.1, 0.15) is 5.82 Å². The summed E-state index contributed by atoms with van der Waals surface area (Å²) in [4.78, 5) is 19.2. The highest BCUT2D eigenvalue weighted by atomic mass is 35.5. The first-order chi connectivity index (χ1) is 12.5. The number of thioether (sulfide) groups is 1. The van der Waals surface area contributed by atoms with Gasteiger partial charge in [-0.05, 0) is 29.6 Å². The number of rotatable bonds is 4. The third-order valence-electron chi connectivity index (χ3n) is 3.54. The van der Waals surface area contributed by atoms with Gasteiger partial charge in [0, 0.05) is 10.6 Å². The molecule has 0 saturated carbocycles. The van der Waals surface area contributed by atoms with Crippen molar-refractivity contribution in [2.75, 3.05) is 5.84 Å². The van der Waals surface area contributed by atoms with Gasteiger partial charge in [0.25, 0.3) is 5.56 Å². The number of fused-ring (bicyclic) bond motifs is 1. The number of nitrogen functional groups attached to an aromatic ring is 1. The maximum atomic E-state index is 12.0. The molecule has 0 aliphatic rings. The Bertz CT molecular complexity index is 1170. The number of nitrogens with one attached hydrogen (secondary N) is 1. The van der Waals surface area contributed by atoms with E-state index in [1.165, 1.54) is 27.8 Å². The molecule has 0 bridgehead atoms. The van der Waals surface area contributed by atoms with Gasteiger partial charge in [-0.15, -0.1) is 21.5 Å². The van der Waals surface area contributed by atoms with E-state index < -0.39 is 0 Å². The van der Waals surface area contributed by atoms with Gasteiger partial charge in [0.1, 0.15) is 10.5 Å². The topological polar surface area (TPSA) is 102 Å². The Kier molecular flexibility index (Phi) is 4.62. The van der Waals surface area contributed by atoms with Crippen molar-refractivity contribution in [2.45, 2.75) is 10.9 Å². The third-order valence-corrected chi connectivity index (χ3v) is 5.94. The molecular weight excluding hydrogens is 415 g/mol. The molecule has 1 aromatic carbocycles. The Morgan fingerprint density at radius 1 is 1.27 bits per heavy atom. The molecule has 0 atom stereocenters. The maximum absolute atomic E-state index is 12.0. The van der Waals surface area contributed by atoms with Crippen LogP contribution in [0.4, 0.5) is 0 Å². The normalized spacial score (nSPS) is 11.3. The molecule has 0 aliphatic heterocycles. The molecule has 3 aromatic heterocycles. The predicted octanol–water partition coefficient (Wildman–Crippen LogP) is 3.56. The first kappa shape index (κ1) is 17.3. The van der Waals surface area contributed by atoms with Crippen molar-refractivity contribution >= 4 is 56.5 Å². The molecular formula is C15H10Cl2N6OS2. The molecule has 0 radical (unpaired) electrons. The highest BCUT2D eigenvalue weighted by molar-refractivity contribution is 7.98. The van der Waals surface area contributed by atoms with E-state index in [9.17, 15) is 4.79 Å². The average Bonchev–Trinajstić information content (AvgIpc) is 3.21. The van der Waals surface area contributed by atoms with Gasteiger partial charge in [0.05, 0.1) is 16.3 Å². The van der Waals surface area contributed by atoms with Crippen LogP contribution in [0.5, 0.6) is 0 Å². The number of hydrogen-bond donors (Lipinski definition) is 2. The molecule has 4 aromatic rings. The van der Waals surface area contributed by atoms with Crippen molar-refractivity contribution in [2.24, 2.45) is 0 Å². The maximum Gasteiger partial charge on any atom is 0.268 e. The lowest BCUT2D eigenvalue weighted by Crippen LogP contribution is -2.13. The second-order valence-electron chi connectivity index (χ2n) is 5.24. The van der Waals surface area contributed by atoms with Gasteiger partial charge in [-0.25, -0.2) is 9.66 Å². The van der Waals surface area contributed by atoms with Crippen molar-refractivity contribution in [1.82, 2.24) is 24.8 Å². The number of hydrogen-bond acceptors (Lipinski definition) is 7. The van der Waals surface area contributed by atoms with Gasteiger partial charge in [0.2, 0.25) is 5.16 Å². The molecule has 0 spiro atoms. The second kappa shape index (κ2) is 6.92. The van der Waals surface area contributed by atoms with Gasteiger partial charge in [-0.1, -0.05) is 35.0 Å². The number of thiophene rings is 1. The summed E-state index contributed by atoms with van der Waals surface area (Å²) in [6.07, 6.45) is 0. The number of nitrogens with two attached hydrogens (primary N) is 1. The van der Waals surface area contributed by atoms with E-state index >= 15 is 0 Å². The van der Waals surface area contributed by atoms with Gasteiger partial charge in [-0.2, -0.15) is 0 Å². The van der Waals surface area contributed by atoms with Crippen LogP contribution >= 0.6 is 46.3 Å². The summed E-state index contributed by atoms with van der Waals surface area (Å²) < 4.78 is 1.96. The largest absolute Gasteiger partial charge is 0.335 e. The fourth-order valence-corrected chi connectivity index (χ4v) is 4.30. The van der Waals surface area contributed by atoms with Crippen LogP contribution in [0.25, 0.3) is 21.6 Å². The van der Waals surface area contributed by atoms with E-state index in [-0.39, 0.29) is 5.56 Å². The van der Waals surface area contributed by atoms with Crippen LogP contribution in [-0.4, -0.2) is 24.8 Å². The van der Waals surface area contributed by atoms with Gasteiger partial charge < -0.3 is 10.8 Å². The Balaban J connectivity index is 1.59. The van der Waals surface area contributed by atoms with Crippen molar-refractivity contribution in [1.29, 1.82) is 0 Å². The Hall–Kier alpha value is -2.07. The summed E-state index contributed by atoms with van der Waals surface area (Å²) in [6.45, 7) is 0. The molecule has 7 nitrogen and oxygen atoms in total.